The summed E-state index contributed by atoms with van der Waals surface area (Å²) in [5.74, 6) is 2.12. The Labute approximate surface area is 202 Å². The molecule has 9 heteroatoms. The number of halogens is 1. The number of aromatic nitrogens is 2. The number of nitrogens with zero attached hydrogens (tertiary/aromatic N) is 4. The lowest BCUT2D eigenvalue weighted by Gasteiger charge is -2.43. The number of imidazole rings is 1. The maximum absolute atomic E-state index is 14.2. The zero-order valence-corrected chi connectivity index (χ0v) is 19.7. The number of aryl methyl sites for hydroxylation is 1. The van der Waals surface area contributed by atoms with Crippen LogP contribution in [0.4, 0.5) is 4.39 Å². The van der Waals surface area contributed by atoms with Crippen LogP contribution < -0.4 is 9.47 Å². The van der Waals surface area contributed by atoms with Crippen LogP contribution in [0, 0.1) is 12.7 Å². The van der Waals surface area contributed by atoms with Crippen LogP contribution in [0.2, 0.25) is 0 Å². The summed E-state index contributed by atoms with van der Waals surface area (Å²) >= 11 is 0. The van der Waals surface area contributed by atoms with Gasteiger partial charge in [0.15, 0.2) is 5.76 Å². The van der Waals surface area contributed by atoms with Crippen LogP contribution in [-0.4, -0.2) is 46.7 Å². The third-order valence-electron chi connectivity index (χ3n) is 6.52. The Morgan fingerprint density at radius 1 is 1.23 bits per heavy atom. The third-order valence-corrected chi connectivity index (χ3v) is 6.52. The lowest BCUT2D eigenvalue weighted by Crippen LogP contribution is -2.54. The smallest absolute Gasteiger partial charge is 0.244 e. The van der Waals surface area contributed by atoms with Gasteiger partial charge in [0.05, 0.1) is 43.5 Å². The normalized spacial score (nSPS) is 23.8. The van der Waals surface area contributed by atoms with Crippen molar-refractivity contribution in [1.82, 2.24) is 14.5 Å². The average Bonchev–Trinajstić information content (AvgIpc) is 3.44. The molecule has 6 rings (SSSR count). The van der Waals surface area contributed by atoms with Crippen molar-refractivity contribution in [2.75, 3.05) is 20.3 Å². The van der Waals surface area contributed by atoms with Crippen molar-refractivity contribution in [3.05, 3.63) is 77.3 Å². The Morgan fingerprint density at radius 2 is 2.11 bits per heavy atom. The van der Waals surface area contributed by atoms with Crippen LogP contribution in [0.25, 0.3) is 11.8 Å². The lowest BCUT2D eigenvalue weighted by molar-refractivity contribution is -0.137. The van der Waals surface area contributed by atoms with Gasteiger partial charge in [-0.15, -0.1) is 0 Å². The maximum Gasteiger partial charge on any atom is 0.244 e. The molecule has 0 bridgehead atoms. The van der Waals surface area contributed by atoms with Crippen LogP contribution in [0.1, 0.15) is 30.2 Å². The molecule has 0 unspecified atom stereocenters. The molecule has 1 aromatic heterocycles. The summed E-state index contributed by atoms with van der Waals surface area (Å²) in [5.41, 5.74) is 2.40. The van der Waals surface area contributed by atoms with Crippen LogP contribution in [-0.2, 0) is 15.3 Å². The highest BCUT2D eigenvalue weighted by molar-refractivity contribution is 6.01. The fourth-order valence-corrected chi connectivity index (χ4v) is 4.91. The topological polar surface area (TPSA) is 70.3 Å². The Hall–Kier alpha value is -4.01. The summed E-state index contributed by atoms with van der Waals surface area (Å²) in [4.78, 5) is 12.4. The molecule has 1 spiro atoms. The van der Waals surface area contributed by atoms with Gasteiger partial charge >= 0.3 is 0 Å². The molecule has 2 aromatic carbocycles. The molecule has 180 valence electrons. The van der Waals surface area contributed by atoms with Crippen molar-refractivity contribution < 1.29 is 23.4 Å². The van der Waals surface area contributed by atoms with Gasteiger partial charge in [-0.3, -0.25) is 0 Å². The number of methoxy groups -OCH3 is 1. The SMILES string of the molecule is COc1cc(/C=C2/O[C@@H](C)CN3C2=NO[C@]32CCOc3ccc(F)cc32)ccc1-n1cnc(C)c1. The van der Waals surface area contributed by atoms with E-state index in [1.807, 2.05) is 48.9 Å². The van der Waals surface area contributed by atoms with Crippen molar-refractivity contribution >= 4 is 11.9 Å². The van der Waals surface area contributed by atoms with Gasteiger partial charge in [-0.25, -0.2) is 9.37 Å². The molecule has 8 nitrogen and oxygen atoms in total. The van der Waals surface area contributed by atoms with Crippen molar-refractivity contribution in [2.45, 2.75) is 32.1 Å². The van der Waals surface area contributed by atoms with E-state index in [2.05, 4.69) is 15.0 Å². The predicted octanol–water partition coefficient (Wildman–Crippen LogP) is 4.37. The molecule has 0 saturated carbocycles. The second-order valence-corrected chi connectivity index (χ2v) is 8.93. The van der Waals surface area contributed by atoms with E-state index in [1.165, 1.54) is 12.1 Å². The van der Waals surface area contributed by atoms with E-state index in [-0.39, 0.29) is 11.9 Å². The molecule has 4 heterocycles. The van der Waals surface area contributed by atoms with Gasteiger partial charge in [0, 0.05) is 12.6 Å². The first-order valence-corrected chi connectivity index (χ1v) is 11.5. The van der Waals surface area contributed by atoms with Crippen LogP contribution in [0.15, 0.2) is 59.8 Å². The molecule has 3 aromatic rings. The Balaban J connectivity index is 1.37. The van der Waals surface area contributed by atoms with Gasteiger partial charge in [-0.2, -0.15) is 0 Å². The van der Waals surface area contributed by atoms with Gasteiger partial charge in [-0.05, 0) is 55.8 Å². The maximum atomic E-state index is 14.2. The van der Waals surface area contributed by atoms with Crippen molar-refractivity contribution in [3.63, 3.8) is 0 Å². The summed E-state index contributed by atoms with van der Waals surface area (Å²) in [5, 5.41) is 4.41. The van der Waals surface area contributed by atoms with Crippen LogP contribution >= 0.6 is 0 Å². The van der Waals surface area contributed by atoms with E-state index in [4.69, 9.17) is 19.0 Å². The summed E-state index contributed by atoms with van der Waals surface area (Å²) in [6.45, 7) is 4.93. The summed E-state index contributed by atoms with van der Waals surface area (Å²) < 4.78 is 33.7. The first-order chi connectivity index (χ1) is 17.0. The molecule has 0 aliphatic carbocycles. The second kappa shape index (κ2) is 8.04. The largest absolute Gasteiger partial charge is 0.495 e. The number of amidine groups is 1. The number of benzene rings is 2. The number of fused-ring (bicyclic) bond motifs is 4. The number of rotatable bonds is 3. The molecule has 0 amide bonds. The molecule has 0 N–H and O–H groups in total. The molecule has 1 saturated heterocycles. The first kappa shape index (κ1) is 21.5. The van der Waals surface area contributed by atoms with Gasteiger partial charge in [0.1, 0.15) is 23.4 Å². The van der Waals surface area contributed by atoms with Crippen molar-refractivity contribution in [1.29, 1.82) is 0 Å². The number of hydrogen-bond donors (Lipinski definition) is 0. The fourth-order valence-electron chi connectivity index (χ4n) is 4.91. The van der Waals surface area contributed by atoms with Crippen molar-refractivity contribution in [3.8, 4) is 17.2 Å². The highest BCUT2D eigenvalue weighted by Gasteiger charge is 2.54. The Kier molecular flexibility index (Phi) is 4.94. The molecular weight excluding hydrogens is 451 g/mol. The van der Waals surface area contributed by atoms with E-state index in [0.29, 0.717) is 48.2 Å². The minimum absolute atomic E-state index is 0.131. The third kappa shape index (κ3) is 3.50. The number of morpholine rings is 1. The molecule has 3 aliphatic heterocycles. The monoisotopic (exact) mass is 476 g/mol. The molecule has 3 aliphatic rings. The second-order valence-electron chi connectivity index (χ2n) is 8.93. The predicted molar refractivity (Wildman–Crippen MR) is 127 cm³/mol. The van der Waals surface area contributed by atoms with Gasteiger partial charge in [-0.1, -0.05) is 11.2 Å². The average molecular weight is 477 g/mol. The summed E-state index contributed by atoms with van der Waals surface area (Å²) in [6, 6.07) is 10.4. The van der Waals surface area contributed by atoms with Crippen LogP contribution in [0.5, 0.6) is 11.5 Å². The zero-order chi connectivity index (χ0) is 24.2. The summed E-state index contributed by atoms with van der Waals surface area (Å²) in [7, 11) is 1.64. The van der Waals surface area contributed by atoms with Crippen LogP contribution in [0.3, 0.4) is 0 Å². The number of oxime groups is 1. The molecule has 1 fully saturated rings. The number of hydrogen-bond acceptors (Lipinski definition) is 7. The Morgan fingerprint density at radius 3 is 2.91 bits per heavy atom. The first-order valence-electron chi connectivity index (χ1n) is 11.5. The van der Waals surface area contributed by atoms with E-state index in [0.717, 1.165) is 16.9 Å². The molecule has 2 atom stereocenters. The Bertz CT molecular complexity index is 1370. The molecule has 35 heavy (non-hydrogen) atoms. The zero-order valence-electron chi connectivity index (χ0n) is 19.7. The molecule has 0 radical (unpaired) electrons. The lowest BCUT2D eigenvalue weighted by atomic mass is 9.93. The minimum atomic E-state index is -0.928. The van der Waals surface area contributed by atoms with Gasteiger partial charge in [0.25, 0.3) is 0 Å². The minimum Gasteiger partial charge on any atom is -0.495 e. The van der Waals surface area contributed by atoms with E-state index in [9.17, 15) is 4.39 Å². The van der Waals surface area contributed by atoms with Gasteiger partial charge in [0.2, 0.25) is 11.6 Å². The van der Waals surface area contributed by atoms with E-state index in [1.54, 1.807) is 19.5 Å². The number of ether oxygens (including phenoxy) is 3. The van der Waals surface area contributed by atoms with Crippen molar-refractivity contribution in [2.24, 2.45) is 5.16 Å². The summed E-state index contributed by atoms with van der Waals surface area (Å²) in [6.07, 6.45) is 6.00. The highest BCUT2D eigenvalue weighted by atomic mass is 19.1. The fraction of sp³-hybridized carbons (Fsp3) is 0.308. The molecular formula is C26H25FN4O4. The van der Waals surface area contributed by atoms with E-state index >= 15 is 0 Å². The highest BCUT2D eigenvalue weighted by Crippen LogP contribution is 2.48. The quantitative estimate of drug-likeness (QED) is 0.559. The van der Waals surface area contributed by atoms with E-state index < -0.39 is 5.72 Å². The van der Waals surface area contributed by atoms with Gasteiger partial charge < -0.3 is 28.5 Å². The standard InChI is InChI=1S/C26H25FN4O4/c1-16-13-30(15-28-16)21-6-4-18(10-23(21)32-3)11-24-25-29-35-26(31(25)14-17(2)34-24)8-9-33-22-7-5-19(27)12-20(22)26/h4-7,10-13,15,17H,8-9,14H2,1-3H3/b24-11+/t17-,26-/m0/s1.